The van der Waals surface area contributed by atoms with E-state index in [1.54, 1.807) is 19.3 Å². The Balaban J connectivity index is 0.00000362. The Bertz CT molecular complexity index is 1530. The molecule has 1 aliphatic rings. The number of hydrogen-bond acceptors (Lipinski definition) is 11. The van der Waals surface area contributed by atoms with Crippen LogP contribution in [0.15, 0.2) is 104 Å². The van der Waals surface area contributed by atoms with Crippen molar-refractivity contribution in [2.75, 3.05) is 35.5 Å². The zero-order valence-electron chi connectivity index (χ0n) is 35.5. The number of carbonyl (C=O) groups is 2. The van der Waals surface area contributed by atoms with Crippen molar-refractivity contribution < 1.29 is 52.2 Å². The van der Waals surface area contributed by atoms with Gasteiger partial charge in [-0.15, -0.1) is 13.2 Å². The van der Waals surface area contributed by atoms with Crippen LogP contribution in [0, 0.1) is 5.41 Å². The molecule has 0 amide bonds. The molecule has 5 atom stereocenters. The van der Waals surface area contributed by atoms with E-state index in [0.29, 0.717) is 31.6 Å². The van der Waals surface area contributed by atoms with Gasteiger partial charge in [0.1, 0.15) is 5.75 Å². The molecule has 1 saturated heterocycles. The van der Waals surface area contributed by atoms with E-state index in [2.05, 4.69) is 13.2 Å². The molecule has 0 aromatic heterocycles. The first-order valence-corrected chi connectivity index (χ1v) is 19.4. The van der Waals surface area contributed by atoms with Crippen LogP contribution < -0.4 is 4.74 Å². The first-order chi connectivity index (χ1) is 27.4. The number of ether oxygens (including phenoxy) is 9. The fourth-order valence-corrected chi connectivity index (χ4v) is 6.43. The SMILES string of the molecule is C=CC.C=CCCCCC(=O)O[C@H]1/C(=C/C(=O)OC)C[C@@H](C[C@@H](OCc2ccc(OC)cc2)[C@@H](C)OCc2ccccc2)O[C@@]1(OC)C(C)(C)/C=C/C(OC)OC. The van der Waals surface area contributed by atoms with Crippen LogP contribution in [-0.4, -0.2) is 84.0 Å². The molecule has 1 aliphatic heterocycles. The number of methoxy groups -OCH3 is 5. The minimum Gasteiger partial charge on any atom is -0.497 e. The number of hydrogen-bond donors (Lipinski definition) is 0. The largest absolute Gasteiger partial charge is 0.497 e. The van der Waals surface area contributed by atoms with Crippen LogP contribution in [0.4, 0.5) is 0 Å². The van der Waals surface area contributed by atoms with Gasteiger partial charge in [0, 0.05) is 45.7 Å². The monoisotopic (exact) mass is 794 g/mol. The summed E-state index contributed by atoms with van der Waals surface area (Å²) in [5.41, 5.74) is 1.48. The quantitative estimate of drug-likeness (QED) is 0.0353. The second-order valence-electron chi connectivity index (χ2n) is 14.2. The Labute approximate surface area is 340 Å². The molecular weight excluding hydrogens is 728 g/mol. The van der Waals surface area contributed by atoms with Gasteiger partial charge < -0.3 is 42.6 Å². The minimum absolute atomic E-state index is 0.169. The van der Waals surface area contributed by atoms with Gasteiger partial charge >= 0.3 is 11.9 Å². The average Bonchev–Trinajstić information content (AvgIpc) is 3.21. The van der Waals surface area contributed by atoms with Crippen LogP contribution in [0.2, 0.25) is 0 Å². The van der Waals surface area contributed by atoms with Crippen molar-refractivity contribution in [2.24, 2.45) is 5.41 Å². The minimum atomic E-state index is -1.62. The lowest BCUT2D eigenvalue weighted by Gasteiger charge is -2.53. The first-order valence-electron chi connectivity index (χ1n) is 19.4. The molecule has 0 aliphatic carbocycles. The number of unbranched alkanes of at least 4 members (excludes halogenated alkanes) is 2. The molecule has 2 aromatic rings. The molecule has 0 bridgehead atoms. The molecule has 11 nitrogen and oxygen atoms in total. The standard InChI is InChI=1S/C43H60O11.C3H6/c1-10-11-12-16-19-38(44)53-41-34(27-39(45)47-6)26-36(54-43(41,50-9)42(3,4)25-24-40(48-7)49-8)28-37(31(2)51-29-32-17-14-13-15-18-32)52-30-33-20-22-35(46-5)23-21-33;1-3-2/h10,13-15,17-18,20-25,27,31,36-37,40-41H,1,11-12,16,19,26,28-30H2,2-9H3;3H,1H2,2H3/b25-24+,34-27+;/t31-,36+,37-,41+,43-;/m1./s1. The van der Waals surface area contributed by atoms with Crippen LogP contribution in [0.1, 0.15) is 77.3 Å². The third kappa shape index (κ3) is 15.6. The Morgan fingerprint density at radius 2 is 1.56 bits per heavy atom. The van der Waals surface area contributed by atoms with E-state index < -0.39 is 47.7 Å². The maximum atomic E-state index is 13.5. The predicted octanol–water partition coefficient (Wildman–Crippen LogP) is 8.86. The highest BCUT2D eigenvalue weighted by molar-refractivity contribution is 5.83. The Morgan fingerprint density at radius 3 is 2.14 bits per heavy atom. The van der Waals surface area contributed by atoms with E-state index in [-0.39, 0.29) is 18.9 Å². The number of allylic oxidation sites excluding steroid dienone is 2. The summed E-state index contributed by atoms with van der Waals surface area (Å²) in [5, 5.41) is 0. The van der Waals surface area contributed by atoms with Crippen LogP contribution in [0.25, 0.3) is 0 Å². The van der Waals surface area contributed by atoms with Crippen molar-refractivity contribution >= 4 is 11.9 Å². The zero-order chi connectivity index (χ0) is 42.3. The van der Waals surface area contributed by atoms with Gasteiger partial charge in [0.25, 0.3) is 0 Å². The first kappa shape index (κ1) is 49.0. The van der Waals surface area contributed by atoms with E-state index in [9.17, 15) is 9.59 Å². The van der Waals surface area contributed by atoms with Gasteiger partial charge in [-0.2, -0.15) is 0 Å². The Hall–Kier alpha value is -4.10. The molecule has 1 fully saturated rings. The van der Waals surface area contributed by atoms with Crippen molar-refractivity contribution in [1.82, 2.24) is 0 Å². The molecule has 0 unspecified atom stereocenters. The van der Waals surface area contributed by atoms with Gasteiger partial charge in [0.05, 0.1) is 45.7 Å². The second-order valence-corrected chi connectivity index (χ2v) is 14.2. The molecule has 2 aromatic carbocycles. The number of carbonyl (C=O) groups excluding carboxylic acids is 2. The molecule has 0 radical (unpaired) electrons. The van der Waals surface area contributed by atoms with Crippen molar-refractivity contribution in [3.05, 3.63) is 115 Å². The van der Waals surface area contributed by atoms with E-state index in [0.717, 1.165) is 29.7 Å². The summed E-state index contributed by atoms with van der Waals surface area (Å²) in [6.45, 7) is 15.5. The van der Waals surface area contributed by atoms with E-state index in [1.165, 1.54) is 34.5 Å². The maximum Gasteiger partial charge on any atom is 0.330 e. The maximum absolute atomic E-state index is 13.5. The topological polar surface area (TPSA) is 117 Å². The van der Waals surface area contributed by atoms with Crippen molar-refractivity contribution in [3.8, 4) is 5.75 Å². The smallest absolute Gasteiger partial charge is 0.330 e. The van der Waals surface area contributed by atoms with Crippen LogP contribution in [0.5, 0.6) is 5.75 Å². The fourth-order valence-electron chi connectivity index (χ4n) is 6.43. The summed E-state index contributed by atoms with van der Waals surface area (Å²) in [6.07, 6.45) is 8.24. The van der Waals surface area contributed by atoms with Crippen LogP contribution in [0.3, 0.4) is 0 Å². The summed E-state index contributed by atoms with van der Waals surface area (Å²) in [6, 6.07) is 17.6. The highest BCUT2D eigenvalue weighted by Crippen LogP contribution is 2.49. The summed E-state index contributed by atoms with van der Waals surface area (Å²) < 4.78 is 53.9. The van der Waals surface area contributed by atoms with Gasteiger partial charge in [-0.05, 0) is 74.4 Å². The second kappa shape index (κ2) is 26.0. The van der Waals surface area contributed by atoms with Crippen LogP contribution >= 0.6 is 0 Å². The lowest BCUT2D eigenvalue weighted by atomic mass is 9.74. The van der Waals surface area contributed by atoms with Gasteiger partial charge in [0.15, 0.2) is 12.4 Å². The summed E-state index contributed by atoms with van der Waals surface area (Å²) >= 11 is 0. The lowest BCUT2D eigenvalue weighted by Crippen LogP contribution is -2.63. The Kier molecular flexibility index (Phi) is 22.4. The molecule has 316 valence electrons. The number of benzene rings is 2. The zero-order valence-corrected chi connectivity index (χ0v) is 35.5. The highest BCUT2D eigenvalue weighted by atomic mass is 16.7. The van der Waals surface area contributed by atoms with E-state index >= 15 is 0 Å². The molecule has 0 saturated carbocycles. The van der Waals surface area contributed by atoms with E-state index in [1.807, 2.05) is 94.4 Å². The molecule has 0 spiro atoms. The summed E-state index contributed by atoms with van der Waals surface area (Å²) in [4.78, 5) is 26.4. The van der Waals surface area contributed by atoms with E-state index in [4.69, 9.17) is 42.6 Å². The normalized spacial score (nSPS) is 20.0. The number of rotatable bonds is 23. The highest BCUT2D eigenvalue weighted by Gasteiger charge is 2.59. The van der Waals surface area contributed by atoms with Gasteiger partial charge in [-0.3, -0.25) is 4.79 Å². The average molecular weight is 795 g/mol. The third-order valence-electron chi connectivity index (χ3n) is 9.61. The van der Waals surface area contributed by atoms with Crippen molar-refractivity contribution in [3.63, 3.8) is 0 Å². The third-order valence-corrected chi connectivity index (χ3v) is 9.61. The predicted molar refractivity (Wildman–Crippen MR) is 221 cm³/mol. The van der Waals surface area contributed by atoms with Crippen molar-refractivity contribution in [2.45, 2.75) is 116 Å². The van der Waals surface area contributed by atoms with Gasteiger partial charge in [0.2, 0.25) is 5.79 Å². The lowest BCUT2D eigenvalue weighted by molar-refractivity contribution is -0.339. The number of esters is 2. The molecule has 3 rings (SSSR count). The van der Waals surface area contributed by atoms with Gasteiger partial charge in [-0.25, -0.2) is 4.79 Å². The van der Waals surface area contributed by atoms with Gasteiger partial charge in [-0.1, -0.05) is 74.5 Å². The summed E-state index contributed by atoms with van der Waals surface area (Å²) in [5.74, 6) is -1.92. The molecular formula is C46H66O11. The fraction of sp³-hybridized carbons (Fsp3) is 0.522. The molecule has 1 heterocycles. The molecule has 0 N–H and O–H groups in total. The van der Waals surface area contributed by atoms with Crippen molar-refractivity contribution in [1.29, 1.82) is 0 Å². The summed E-state index contributed by atoms with van der Waals surface area (Å²) in [7, 11) is 7.50. The molecule has 11 heteroatoms. The van der Waals surface area contributed by atoms with Crippen LogP contribution in [-0.2, 0) is 60.7 Å². The Morgan fingerprint density at radius 1 is 0.930 bits per heavy atom. The molecule has 57 heavy (non-hydrogen) atoms.